The van der Waals surface area contributed by atoms with E-state index in [1.165, 1.54) is 18.2 Å². The smallest absolute Gasteiger partial charge is 0.328 e. The number of nitrogens with zero attached hydrogens (tertiary/aromatic N) is 1. The molecule has 0 bridgehead atoms. The summed E-state index contributed by atoms with van der Waals surface area (Å²) in [6, 6.07) is 21.2. The molecule has 0 atom stereocenters. The predicted molar refractivity (Wildman–Crippen MR) is 134 cm³/mol. The number of hydrogen-bond donors (Lipinski definition) is 3. The van der Waals surface area contributed by atoms with Crippen LogP contribution in [0.25, 0.3) is 22.3 Å². The summed E-state index contributed by atoms with van der Waals surface area (Å²) in [7, 11) is -4.02. The van der Waals surface area contributed by atoms with Gasteiger partial charge in [-0.3, -0.25) is 0 Å². The third-order valence-electron chi connectivity index (χ3n) is 5.22. The molecule has 0 aliphatic carbocycles. The first-order valence-corrected chi connectivity index (χ1v) is 12.6. The van der Waals surface area contributed by atoms with Gasteiger partial charge in [0.15, 0.2) is 0 Å². The normalized spacial score (nSPS) is 12.0. The van der Waals surface area contributed by atoms with E-state index in [1.807, 2.05) is 42.0 Å². The van der Waals surface area contributed by atoms with Crippen molar-refractivity contribution >= 4 is 32.7 Å². The van der Waals surface area contributed by atoms with Crippen molar-refractivity contribution < 1.29 is 22.7 Å². The van der Waals surface area contributed by atoms with Crippen molar-refractivity contribution in [3.8, 4) is 17.1 Å². The molecule has 4 aromatic rings. The molecule has 8 nitrogen and oxygen atoms in total. The zero-order chi connectivity index (χ0) is 24.8. The Morgan fingerprint density at radius 3 is 2.46 bits per heavy atom. The maximum atomic E-state index is 12.5. The lowest BCUT2D eigenvalue weighted by Crippen LogP contribution is -2.39. The number of nitrogens with one attached hydrogen (secondary N) is 2. The van der Waals surface area contributed by atoms with Crippen LogP contribution >= 0.6 is 0 Å². The van der Waals surface area contributed by atoms with Crippen LogP contribution in [0.2, 0.25) is 0 Å². The number of phenolic OH excluding ortho intramolecular Hbond substituents is 1. The number of carbonyl (C=O) groups excluding carboxylic acids is 1. The van der Waals surface area contributed by atoms with E-state index in [-0.39, 0.29) is 10.6 Å². The number of rotatable bonds is 7. The summed E-state index contributed by atoms with van der Waals surface area (Å²) in [5.41, 5.74) is 1.90. The van der Waals surface area contributed by atoms with E-state index in [9.17, 15) is 18.3 Å². The molecule has 1 aromatic heterocycles. The fourth-order valence-corrected chi connectivity index (χ4v) is 4.36. The van der Waals surface area contributed by atoms with Gasteiger partial charge in [0.05, 0.1) is 15.9 Å². The van der Waals surface area contributed by atoms with Crippen LogP contribution in [0.3, 0.4) is 0 Å². The second kappa shape index (κ2) is 10.4. The third kappa shape index (κ3) is 5.88. The number of unbranched alkanes of at least 4 members (excludes halogenated alkanes) is 1. The van der Waals surface area contributed by atoms with Gasteiger partial charge in [0.1, 0.15) is 17.1 Å². The van der Waals surface area contributed by atoms with Crippen molar-refractivity contribution in [1.82, 2.24) is 10.0 Å². The van der Waals surface area contributed by atoms with Crippen molar-refractivity contribution in [1.29, 1.82) is 0 Å². The van der Waals surface area contributed by atoms with E-state index in [0.29, 0.717) is 34.3 Å². The molecule has 0 saturated heterocycles. The van der Waals surface area contributed by atoms with Gasteiger partial charge in [-0.2, -0.15) is 0 Å². The van der Waals surface area contributed by atoms with Gasteiger partial charge in [-0.25, -0.2) is 22.9 Å². The van der Waals surface area contributed by atoms with E-state index < -0.39 is 16.1 Å². The molecule has 0 spiro atoms. The molecule has 3 aromatic carbocycles. The molecule has 180 valence electrons. The van der Waals surface area contributed by atoms with Crippen molar-refractivity contribution in [3.05, 3.63) is 84.2 Å². The minimum Gasteiger partial charge on any atom is -0.508 e. The average Bonchev–Trinajstić information content (AvgIpc) is 2.85. The standard InChI is InChI=1S/C26H25N3O5S/c1-2-3-15-27-26(31)29-35(32,33)21-12-9-19(10-13-21)28-23-17-25(18-7-5-4-6-8-18)34-24-14-11-20(30)16-22(23)24/h4-14,16-17,30H,2-3,15H2,1H3,(H2,27,29,31). The molecule has 0 aliphatic heterocycles. The van der Waals surface area contributed by atoms with Gasteiger partial charge in [0.25, 0.3) is 10.0 Å². The molecule has 4 rings (SSSR count). The molecular formula is C26H25N3O5S. The van der Waals surface area contributed by atoms with Crippen LogP contribution in [-0.4, -0.2) is 26.1 Å². The summed E-state index contributed by atoms with van der Waals surface area (Å²) in [6.07, 6.45) is 1.64. The van der Waals surface area contributed by atoms with Crippen LogP contribution in [-0.2, 0) is 10.0 Å². The number of hydrogen-bond acceptors (Lipinski definition) is 6. The van der Waals surface area contributed by atoms with Crippen LogP contribution in [0.4, 0.5) is 10.5 Å². The van der Waals surface area contributed by atoms with Crippen LogP contribution < -0.4 is 15.4 Å². The number of urea groups is 1. The first-order valence-electron chi connectivity index (χ1n) is 11.1. The first kappa shape index (κ1) is 24.0. The van der Waals surface area contributed by atoms with Gasteiger partial charge < -0.3 is 14.8 Å². The number of amides is 2. The predicted octanol–water partition coefficient (Wildman–Crippen LogP) is 4.83. The molecular weight excluding hydrogens is 466 g/mol. The lowest BCUT2D eigenvalue weighted by molar-refractivity contribution is 0.245. The van der Waals surface area contributed by atoms with Crippen molar-refractivity contribution in [3.63, 3.8) is 0 Å². The topological polar surface area (TPSA) is 121 Å². The second-order valence-electron chi connectivity index (χ2n) is 7.86. The van der Waals surface area contributed by atoms with E-state index in [0.717, 1.165) is 18.4 Å². The highest BCUT2D eigenvalue weighted by Crippen LogP contribution is 2.25. The van der Waals surface area contributed by atoms with Crippen LogP contribution in [0.1, 0.15) is 19.8 Å². The van der Waals surface area contributed by atoms with Gasteiger partial charge in [0, 0.05) is 23.6 Å². The quantitative estimate of drug-likeness (QED) is 0.320. The summed E-state index contributed by atoms with van der Waals surface area (Å²) in [6.45, 7) is 2.37. The number of carbonyl (C=O) groups is 1. The summed E-state index contributed by atoms with van der Waals surface area (Å²) >= 11 is 0. The number of fused-ring (bicyclic) bond motifs is 1. The molecule has 2 amide bonds. The maximum absolute atomic E-state index is 12.5. The molecule has 9 heteroatoms. The molecule has 3 N–H and O–H groups in total. The van der Waals surface area contributed by atoms with E-state index in [4.69, 9.17) is 4.42 Å². The number of benzene rings is 3. The van der Waals surface area contributed by atoms with Gasteiger partial charge >= 0.3 is 6.03 Å². The zero-order valence-electron chi connectivity index (χ0n) is 19.1. The van der Waals surface area contributed by atoms with Gasteiger partial charge in [-0.1, -0.05) is 43.7 Å². The lowest BCUT2D eigenvalue weighted by atomic mass is 10.1. The molecule has 0 fully saturated rings. The fraction of sp³-hybridized carbons (Fsp3) is 0.154. The molecule has 0 unspecified atom stereocenters. The number of aromatic hydroxyl groups is 1. The Morgan fingerprint density at radius 1 is 1.00 bits per heavy atom. The van der Waals surface area contributed by atoms with Crippen LogP contribution in [0.5, 0.6) is 5.75 Å². The Labute approximate surface area is 203 Å². The van der Waals surface area contributed by atoms with Gasteiger partial charge in [-0.15, -0.1) is 0 Å². The minimum absolute atomic E-state index is 0.0577. The SMILES string of the molecule is CCCCNC(=O)NS(=O)(=O)c1ccc(N=c2cc(-c3ccccc3)oc3ccc(O)cc23)cc1. The first-order chi connectivity index (χ1) is 16.9. The lowest BCUT2D eigenvalue weighted by Gasteiger charge is -2.08. The van der Waals surface area contributed by atoms with Crippen molar-refractivity contribution in [2.75, 3.05) is 6.54 Å². The zero-order valence-corrected chi connectivity index (χ0v) is 19.9. The minimum atomic E-state index is -4.02. The molecule has 35 heavy (non-hydrogen) atoms. The highest BCUT2D eigenvalue weighted by Gasteiger charge is 2.17. The van der Waals surface area contributed by atoms with E-state index >= 15 is 0 Å². The molecule has 1 heterocycles. The van der Waals surface area contributed by atoms with E-state index in [2.05, 4.69) is 10.3 Å². The Kier molecular flexibility index (Phi) is 7.17. The average molecular weight is 492 g/mol. The van der Waals surface area contributed by atoms with E-state index in [1.54, 1.807) is 30.3 Å². The Bertz CT molecular complexity index is 1510. The Morgan fingerprint density at radius 2 is 1.74 bits per heavy atom. The Hall–Kier alpha value is -4.11. The molecule has 0 aliphatic rings. The van der Waals surface area contributed by atoms with Crippen molar-refractivity contribution in [2.24, 2.45) is 4.99 Å². The summed E-state index contributed by atoms with van der Waals surface area (Å²) in [5.74, 6) is 0.668. The molecule has 0 saturated carbocycles. The second-order valence-corrected chi connectivity index (χ2v) is 9.55. The Balaban J connectivity index is 1.68. The van der Waals surface area contributed by atoms with Gasteiger partial charge in [-0.05, 0) is 48.9 Å². The fourth-order valence-electron chi connectivity index (χ4n) is 3.43. The maximum Gasteiger partial charge on any atom is 0.328 e. The number of sulfonamides is 1. The van der Waals surface area contributed by atoms with Gasteiger partial charge in [0.2, 0.25) is 0 Å². The van der Waals surface area contributed by atoms with Crippen LogP contribution in [0.15, 0.2) is 93.2 Å². The third-order valence-corrected chi connectivity index (χ3v) is 6.57. The molecule has 0 radical (unpaired) electrons. The largest absolute Gasteiger partial charge is 0.508 e. The van der Waals surface area contributed by atoms with Crippen molar-refractivity contribution in [2.45, 2.75) is 24.7 Å². The highest BCUT2D eigenvalue weighted by atomic mass is 32.2. The summed E-state index contributed by atoms with van der Waals surface area (Å²) < 4.78 is 33.1. The highest BCUT2D eigenvalue weighted by molar-refractivity contribution is 7.90. The monoisotopic (exact) mass is 491 g/mol. The summed E-state index contributed by atoms with van der Waals surface area (Å²) in [5, 5.41) is 13.7. The summed E-state index contributed by atoms with van der Waals surface area (Å²) in [4.78, 5) is 16.5. The van der Waals surface area contributed by atoms with Crippen LogP contribution in [0, 0.1) is 0 Å². The number of phenols is 1.